The first-order valence-electron chi connectivity index (χ1n) is 8.39. The van der Waals surface area contributed by atoms with E-state index in [0.717, 1.165) is 17.1 Å². The minimum atomic E-state index is -0.215. The van der Waals surface area contributed by atoms with Gasteiger partial charge < -0.3 is 20.7 Å². The molecule has 0 aliphatic carbocycles. The zero-order valence-corrected chi connectivity index (χ0v) is 15.3. The van der Waals surface area contributed by atoms with Crippen LogP contribution in [0.1, 0.15) is 20.8 Å². The molecule has 2 aromatic carbocycles. The molecule has 0 saturated carbocycles. The second-order valence-electron chi connectivity index (χ2n) is 7.00. The number of benzene rings is 2. The van der Waals surface area contributed by atoms with Crippen LogP contribution in [-0.2, 0) is 0 Å². The number of para-hydroxylation sites is 1. The molecule has 0 heterocycles. The second-order valence-corrected chi connectivity index (χ2v) is 7.00. The number of methoxy groups -OCH3 is 1. The molecule has 0 aliphatic heterocycles. The van der Waals surface area contributed by atoms with Gasteiger partial charge in [-0.2, -0.15) is 0 Å². The van der Waals surface area contributed by atoms with E-state index in [1.54, 1.807) is 7.11 Å². The normalized spacial score (nSPS) is 12.2. The lowest BCUT2D eigenvalue weighted by atomic mass is 9.86. The van der Waals surface area contributed by atoms with Crippen LogP contribution in [0.4, 0.5) is 16.2 Å². The fraction of sp³-hybridized carbons (Fsp3) is 0.350. The predicted octanol–water partition coefficient (Wildman–Crippen LogP) is 4.34. The highest BCUT2D eigenvalue weighted by molar-refractivity contribution is 5.89. The maximum atomic E-state index is 12.1. The molecule has 0 aliphatic rings. The van der Waals surface area contributed by atoms with E-state index >= 15 is 0 Å². The van der Waals surface area contributed by atoms with Crippen molar-refractivity contribution in [2.45, 2.75) is 26.8 Å². The molecule has 2 aromatic rings. The van der Waals surface area contributed by atoms with Gasteiger partial charge in [0.05, 0.1) is 7.11 Å². The summed E-state index contributed by atoms with van der Waals surface area (Å²) >= 11 is 0. The molecule has 0 saturated heterocycles. The molecule has 0 aromatic heterocycles. The monoisotopic (exact) mass is 341 g/mol. The van der Waals surface area contributed by atoms with E-state index in [1.807, 2.05) is 54.6 Å². The van der Waals surface area contributed by atoms with Crippen LogP contribution in [0.3, 0.4) is 0 Å². The topological polar surface area (TPSA) is 62.4 Å². The number of rotatable bonds is 6. The van der Waals surface area contributed by atoms with Crippen LogP contribution in [-0.4, -0.2) is 25.7 Å². The number of hydrogen-bond acceptors (Lipinski definition) is 3. The van der Waals surface area contributed by atoms with Crippen LogP contribution in [0.25, 0.3) is 0 Å². The minimum absolute atomic E-state index is 0.0386. The quantitative estimate of drug-likeness (QED) is 0.732. The largest absolute Gasteiger partial charge is 0.497 e. The number of carbonyl (C=O) groups is 1. The Kier molecular flexibility index (Phi) is 6.28. The summed E-state index contributed by atoms with van der Waals surface area (Å²) in [5.74, 6) is 0.799. The molecule has 3 N–H and O–H groups in total. The van der Waals surface area contributed by atoms with Crippen molar-refractivity contribution in [2.24, 2.45) is 5.41 Å². The molecule has 2 amide bonds. The van der Waals surface area contributed by atoms with E-state index in [2.05, 4.69) is 36.7 Å². The van der Waals surface area contributed by atoms with E-state index in [0.29, 0.717) is 6.54 Å². The maximum Gasteiger partial charge on any atom is 0.319 e. The third-order valence-electron chi connectivity index (χ3n) is 3.95. The zero-order chi connectivity index (χ0) is 18.3. The standard InChI is InChI=1S/C20H27N3O2/c1-20(2,3)18(22-16-11-8-12-17(13-16)25-4)14-21-19(24)23-15-9-6-5-7-10-15/h5-13,18,22H,14H2,1-4H3,(H2,21,23,24). The SMILES string of the molecule is COc1cccc(NC(CNC(=O)Nc2ccccc2)C(C)(C)C)c1. The summed E-state index contributed by atoms with van der Waals surface area (Å²) in [5, 5.41) is 9.27. The van der Waals surface area contributed by atoms with E-state index in [1.165, 1.54) is 0 Å². The summed E-state index contributed by atoms with van der Waals surface area (Å²) in [6, 6.07) is 17.0. The van der Waals surface area contributed by atoms with Gasteiger partial charge in [-0.1, -0.05) is 45.0 Å². The smallest absolute Gasteiger partial charge is 0.319 e. The first kappa shape index (κ1) is 18.6. The van der Waals surface area contributed by atoms with E-state index in [4.69, 9.17) is 4.74 Å². The van der Waals surface area contributed by atoms with Crippen molar-refractivity contribution in [2.75, 3.05) is 24.3 Å². The molecule has 0 radical (unpaired) electrons. The van der Waals surface area contributed by atoms with Gasteiger partial charge in [-0.3, -0.25) is 0 Å². The van der Waals surface area contributed by atoms with Crippen LogP contribution in [0.2, 0.25) is 0 Å². The number of amides is 2. The Morgan fingerprint density at radius 3 is 2.36 bits per heavy atom. The van der Waals surface area contributed by atoms with Gasteiger partial charge in [0, 0.05) is 30.0 Å². The van der Waals surface area contributed by atoms with Crippen molar-refractivity contribution in [3.05, 3.63) is 54.6 Å². The van der Waals surface area contributed by atoms with Crippen LogP contribution in [0.15, 0.2) is 54.6 Å². The van der Waals surface area contributed by atoms with Crippen molar-refractivity contribution < 1.29 is 9.53 Å². The minimum Gasteiger partial charge on any atom is -0.497 e. The molecule has 1 atom stereocenters. The molecule has 25 heavy (non-hydrogen) atoms. The van der Waals surface area contributed by atoms with E-state index in [9.17, 15) is 4.79 Å². The van der Waals surface area contributed by atoms with Gasteiger partial charge in [0.1, 0.15) is 5.75 Å². The van der Waals surface area contributed by atoms with Gasteiger partial charge in [0.15, 0.2) is 0 Å². The zero-order valence-electron chi connectivity index (χ0n) is 15.3. The second kappa shape index (κ2) is 8.42. The molecule has 0 spiro atoms. The molecule has 0 fully saturated rings. The van der Waals surface area contributed by atoms with Gasteiger partial charge in [0.25, 0.3) is 0 Å². The van der Waals surface area contributed by atoms with Crippen LogP contribution in [0.5, 0.6) is 5.75 Å². The number of hydrogen-bond donors (Lipinski definition) is 3. The first-order valence-corrected chi connectivity index (χ1v) is 8.39. The first-order chi connectivity index (χ1) is 11.9. The Morgan fingerprint density at radius 1 is 1.04 bits per heavy atom. The van der Waals surface area contributed by atoms with Crippen LogP contribution in [0, 0.1) is 5.41 Å². The van der Waals surface area contributed by atoms with Crippen molar-refractivity contribution in [3.8, 4) is 5.75 Å². The predicted molar refractivity (Wildman–Crippen MR) is 103 cm³/mol. The molecule has 5 heteroatoms. The highest BCUT2D eigenvalue weighted by Crippen LogP contribution is 2.25. The summed E-state index contributed by atoms with van der Waals surface area (Å²) in [6.07, 6.45) is 0. The maximum absolute atomic E-state index is 12.1. The van der Waals surface area contributed by atoms with Gasteiger partial charge in [-0.05, 0) is 29.7 Å². The van der Waals surface area contributed by atoms with E-state index in [-0.39, 0.29) is 17.5 Å². The van der Waals surface area contributed by atoms with Gasteiger partial charge in [0.2, 0.25) is 0 Å². The third kappa shape index (κ3) is 6.03. The highest BCUT2D eigenvalue weighted by Gasteiger charge is 2.25. The molecule has 134 valence electrons. The van der Waals surface area contributed by atoms with Gasteiger partial charge >= 0.3 is 6.03 Å². The Balaban J connectivity index is 1.97. The number of carbonyl (C=O) groups excluding carboxylic acids is 1. The third-order valence-corrected chi connectivity index (χ3v) is 3.95. The van der Waals surface area contributed by atoms with Crippen LogP contribution >= 0.6 is 0 Å². The lowest BCUT2D eigenvalue weighted by Crippen LogP contribution is -2.45. The lowest BCUT2D eigenvalue weighted by molar-refractivity contribution is 0.248. The summed E-state index contributed by atoms with van der Waals surface area (Å²) in [5.41, 5.74) is 1.70. The summed E-state index contributed by atoms with van der Waals surface area (Å²) in [7, 11) is 1.65. The number of nitrogens with one attached hydrogen (secondary N) is 3. The number of anilines is 2. The Hall–Kier alpha value is -2.69. The number of ether oxygens (including phenoxy) is 1. The van der Waals surface area contributed by atoms with E-state index < -0.39 is 0 Å². The van der Waals surface area contributed by atoms with Gasteiger partial charge in [-0.15, -0.1) is 0 Å². The molecular weight excluding hydrogens is 314 g/mol. The molecular formula is C20H27N3O2. The van der Waals surface area contributed by atoms with Crippen molar-refractivity contribution in [1.29, 1.82) is 0 Å². The number of urea groups is 1. The summed E-state index contributed by atoms with van der Waals surface area (Å²) in [4.78, 5) is 12.1. The van der Waals surface area contributed by atoms with Crippen molar-refractivity contribution >= 4 is 17.4 Å². The Bertz CT molecular complexity index is 681. The van der Waals surface area contributed by atoms with Crippen molar-refractivity contribution in [3.63, 3.8) is 0 Å². The Labute approximate surface area is 149 Å². The fourth-order valence-electron chi connectivity index (χ4n) is 2.38. The summed E-state index contributed by atoms with van der Waals surface area (Å²) < 4.78 is 5.27. The summed E-state index contributed by atoms with van der Waals surface area (Å²) in [6.45, 7) is 6.92. The molecule has 1 unspecified atom stereocenters. The molecule has 2 rings (SSSR count). The fourth-order valence-corrected chi connectivity index (χ4v) is 2.38. The average Bonchev–Trinajstić information content (AvgIpc) is 2.58. The Morgan fingerprint density at radius 2 is 1.72 bits per heavy atom. The lowest BCUT2D eigenvalue weighted by Gasteiger charge is -2.32. The molecule has 0 bridgehead atoms. The highest BCUT2D eigenvalue weighted by atomic mass is 16.5. The molecule has 5 nitrogen and oxygen atoms in total. The average molecular weight is 341 g/mol. The van der Waals surface area contributed by atoms with Gasteiger partial charge in [-0.25, -0.2) is 4.79 Å². The van der Waals surface area contributed by atoms with Crippen LogP contribution < -0.4 is 20.7 Å². The van der Waals surface area contributed by atoms with Crippen molar-refractivity contribution in [1.82, 2.24) is 5.32 Å².